The van der Waals surface area contributed by atoms with Gasteiger partial charge in [0.25, 0.3) is 0 Å². The molecular weight excluding hydrogens is 348 g/mol. The SMILES string of the molecule is CCCC(CC)C(C)(C)CC(C)(C)OC(C)(C)CC(C)(C)COS(=O)[O-]. The normalized spacial score (nSPS) is 16.6. The molecule has 0 aromatic carbocycles. The molecule has 2 unspecified atom stereocenters. The van der Waals surface area contributed by atoms with Gasteiger partial charge in [-0.1, -0.05) is 60.8 Å². The molecule has 0 aliphatic heterocycles. The van der Waals surface area contributed by atoms with Gasteiger partial charge in [0.05, 0.1) is 29.2 Å². The van der Waals surface area contributed by atoms with Crippen molar-refractivity contribution >= 4 is 11.4 Å². The van der Waals surface area contributed by atoms with E-state index >= 15 is 0 Å². The van der Waals surface area contributed by atoms with Gasteiger partial charge in [-0.25, -0.2) is 4.21 Å². The standard InChI is InChI=1S/C21H44O4S/c1-11-13-17(12-2)19(5,6)15-21(9,10)25-20(7,8)14-18(3,4)16-24-26(22)23/h17H,11-16H2,1-10H3,(H,22,23)/p-1. The minimum absolute atomic E-state index is 0.163. The Labute approximate surface area is 165 Å². The van der Waals surface area contributed by atoms with Crippen LogP contribution in [0.5, 0.6) is 0 Å². The molecule has 0 bridgehead atoms. The van der Waals surface area contributed by atoms with Crippen molar-refractivity contribution in [1.82, 2.24) is 0 Å². The molecule has 0 aromatic heterocycles. The molecule has 0 N–H and O–H groups in total. The van der Waals surface area contributed by atoms with Gasteiger partial charge in [-0.3, -0.25) is 0 Å². The zero-order valence-corrected chi connectivity index (χ0v) is 19.7. The van der Waals surface area contributed by atoms with E-state index in [1.165, 1.54) is 19.3 Å². The van der Waals surface area contributed by atoms with Crippen LogP contribution in [-0.4, -0.2) is 26.6 Å². The highest BCUT2D eigenvalue weighted by molar-refractivity contribution is 7.74. The third-order valence-electron chi connectivity index (χ3n) is 5.12. The van der Waals surface area contributed by atoms with Crippen molar-refractivity contribution in [2.75, 3.05) is 6.61 Å². The lowest BCUT2D eigenvalue weighted by Gasteiger charge is -2.45. The van der Waals surface area contributed by atoms with E-state index < -0.39 is 11.4 Å². The summed E-state index contributed by atoms with van der Waals surface area (Å²) in [5.41, 5.74) is -0.707. The number of hydrogen-bond acceptors (Lipinski definition) is 4. The van der Waals surface area contributed by atoms with E-state index in [1.54, 1.807) is 0 Å². The van der Waals surface area contributed by atoms with E-state index in [0.717, 1.165) is 6.42 Å². The summed E-state index contributed by atoms with van der Waals surface area (Å²) in [6.07, 6.45) is 5.36. The zero-order valence-electron chi connectivity index (χ0n) is 18.9. The third-order valence-corrected chi connectivity index (χ3v) is 5.43. The molecular formula is C21H43O4S-. The Morgan fingerprint density at radius 3 is 1.85 bits per heavy atom. The van der Waals surface area contributed by atoms with Crippen LogP contribution in [0, 0.1) is 16.7 Å². The molecule has 0 aliphatic carbocycles. The van der Waals surface area contributed by atoms with Gasteiger partial charge in [0.1, 0.15) is 0 Å². The van der Waals surface area contributed by atoms with Crippen LogP contribution in [0.15, 0.2) is 0 Å². The lowest BCUT2D eigenvalue weighted by Crippen LogP contribution is -2.44. The highest BCUT2D eigenvalue weighted by Gasteiger charge is 2.39. The molecule has 0 saturated heterocycles. The largest absolute Gasteiger partial charge is 0.750 e. The smallest absolute Gasteiger partial charge is 0.0842 e. The van der Waals surface area contributed by atoms with Gasteiger partial charge in [-0.15, -0.1) is 0 Å². The highest BCUT2D eigenvalue weighted by Crippen LogP contribution is 2.43. The van der Waals surface area contributed by atoms with Crippen LogP contribution in [0.4, 0.5) is 0 Å². The fourth-order valence-corrected chi connectivity index (χ4v) is 5.38. The van der Waals surface area contributed by atoms with Gasteiger partial charge in [-0.05, 0) is 57.3 Å². The Morgan fingerprint density at radius 1 is 0.923 bits per heavy atom. The minimum Gasteiger partial charge on any atom is -0.750 e. The van der Waals surface area contributed by atoms with Crippen molar-refractivity contribution in [3.8, 4) is 0 Å². The molecule has 2 atom stereocenters. The molecule has 0 fully saturated rings. The van der Waals surface area contributed by atoms with E-state index in [9.17, 15) is 8.76 Å². The maximum atomic E-state index is 10.7. The van der Waals surface area contributed by atoms with E-state index in [-0.39, 0.29) is 28.6 Å². The van der Waals surface area contributed by atoms with Crippen LogP contribution in [0.2, 0.25) is 0 Å². The Morgan fingerprint density at radius 2 is 1.42 bits per heavy atom. The highest BCUT2D eigenvalue weighted by atomic mass is 32.2. The maximum absolute atomic E-state index is 10.7. The maximum Gasteiger partial charge on any atom is 0.0842 e. The lowest BCUT2D eigenvalue weighted by atomic mass is 9.69. The molecule has 0 amide bonds. The Hall–Kier alpha value is 0.0300. The Bertz CT molecular complexity index is 441. The van der Waals surface area contributed by atoms with Gasteiger partial charge in [0, 0.05) is 0 Å². The second-order valence-corrected chi connectivity index (χ2v) is 11.1. The average Bonchev–Trinajstić information content (AvgIpc) is 2.38. The topological polar surface area (TPSA) is 58.6 Å². The summed E-state index contributed by atoms with van der Waals surface area (Å²) in [7, 11) is 0. The molecule has 5 heteroatoms. The van der Waals surface area contributed by atoms with Crippen molar-refractivity contribution in [2.24, 2.45) is 16.7 Å². The van der Waals surface area contributed by atoms with Crippen molar-refractivity contribution < 1.29 is 17.7 Å². The van der Waals surface area contributed by atoms with Crippen LogP contribution in [0.3, 0.4) is 0 Å². The summed E-state index contributed by atoms with van der Waals surface area (Å²) in [5, 5.41) is 0. The second kappa shape index (κ2) is 9.99. The molecule has 26 heavy (non-hydrogen) atoms. The molecule has 0 radical (unpaired) electrons. The first kappa shape index (κ1) is 26.0. The van der Waals surface area contributed by atoms with Crippen LogP contribution >= 0.6 is 0 Å². The lowest BCUT2D eigenvalue weighted by molar-refractivity contribution is -0.157. The number of ether oxygens (including phenoxy) is 1. The van der Waals surface area contributed by atoms with E-state index in [0.29, 0.717) is 12.3 Å². The van der Waals surface area contributed by atoms with Gasteiger partial charge in [0.2, 0.25) is 0 Å². The molecule has 4 nitrogen and oxygen atoms in total. The van der Waals surface area contributed by atoms with E-state index in [4.69, 9.17) is 8.92 Å². The average molecular weight is 392 g/mol. The first-order chi connectivity index (χ1) is 11.6. The fourth-order valence-electron chi connectivity index (χ4n) is 4.97. The predicted octanol–water partition coefficient (Wildman–Crippen LogP) is 6.03. The van der Waals surface area contributed by atoms with Crippen LogP contribution in [0.1, 0.15) is 101 Å². The summed E-state index contributed by atoms with van der Waals surface area (Å²) in [4.78, 5) is 0. The van der Waals surface area contributed by atoms with Crippen molar-refractivity contribution in [3.05, 3.63) is 0 Å². The van der Waals surface area contributed by atoms with Gasteiger partial charge in [0.15, 0.2) is 0 Å². The van der Waals surface area contributed by atoms with Crippen LogP contribution in [0.25, 0.3) is 0 Å². The number of hydrogen-bond donors (Lipinski definition) is 0. The zero-order chi connectivity index (χ0) is 20.8. The minimum atomic E-state index is -2.47. The quantitative estimate of drug-likeness (QED) is 0.360. The molecule has 0 aliphatic rings. The molecule has 0 spiro atoms. The summed E-state index contributed by atoms with van der Waals surface area (Å²) in [6, 6.07) is 0. The first-order valence-corrected chi connectivity index (χ1v) is 11.0. The van der Waals surface area contributed by atoms with E-state index in [1.807, 2.05) is 13.8 Å². The third kappa shape index (κ3) is 10.4. The first-order valence-electron chi connectivity index (χ1n) is 9.98. The van der Waals surface area contributed by atoms with Gasteiger partial charge < -0.3 is 13.5 Å². The van der Waals surface area contributed by atoms with Crippen molar-refractivity contribution in [1.29, 1.82) is 0 Å². The summed E-state index contributed by atoms with van der Waals surface area (Å²) in [6.45, 7) is 21.9. The second-order valence-electron chi connectivity index (χ2n) is 10.5. The van der Waals surface area contributed by atoms with Crippen LogP contribution in [-0.2, 0) is 20.3 Å². The molecule has 158 valence electrons. The predicted molar refractivity (Wildman–Crippen MR) is 110 cm³/mol. The molecule has 0 saturated carbocycles. The fraction of sp³-hybridized carbons (Fsp3) is 1.00. The van der Waals surface area contributed by atoms with Gasteiger partial charge in [-0.2, -0.15) is 0 Å². The number of rotatable bonds is 13. The molecule has 0 heterocycles. The van der Waals surface area contributed by atoms with Crippen LogP contribution < -0.4 is 0 Å². The van der Waals surface area contributed by atoms with E-state index in [2.05, 4.69) is 55.4 Å². The summed E-state index contributed by atoms with van der Waals surface area (Å²) >= 11 is -2.47. The van der Waals surface area contributed by atoms with Crippen molar-refractivity contribution in [3.63, 3.8) is 0 Å². The Kier molecular flexibility index (Phi) is 10.0. The van der Waals surface area contributed by atoms with Gasteiger partial charge >= 0.3 is 0 Å². The Balaban J connectivity index is 5.01. The monoisotopic (exact) mass is 391 g/mol. The molecule has 0 rings (SSSR count). The molecule has 0 aromatic rings. The summed E-state index contributed by atoms with van der Waals surface area (Å²) < 4.78 is 32.7. The summed E-state index contributed by atoms with van der Waals surface area (Å²) in [5.74, 6) is 0.690. The van der Waals surface area contributed by atoms with Crippen molar-refractivity contribution in [2.45, 2.75) is 113 Å².